The van der Waals surface area contributed by atoms with Gasteiger partial charge in [0, 0.05) is 12.5 Å². The molecule has 3 heteroatoms. The minimum atomic E-state index is -0.474. The summed E-state index contributed by atoms with van der Waals surface area (Å²) < 4.78 is 11.2. The third-order valence-electron chi connectivity index (χ3n) is 3.41. The number of hydrogen-bond acceptors (Lipinski definition) is 3. The summed E-state index contributed by atoms with van der Waals surface area (Å²) in [6.45, 7) is 6.76. The summed E-state index contributed by atoms with van der Waals surface area (Å²) in [5.41, 5.74) is 0.913. The van der Waals surface area contributed by atoms with Gasteiger partial charge < -0.3 is 14.6 Å². The Balaban J connectivity index is 2.12. The van der Waals surface area contributed by atoms with Crippen LogP contribution in [-0.2, 0) is 4.74 Å². The summed E-state index contributed by atoms with van der Waals surface area (Å²) in [6, 6.07) is 7.72. The molecule has 100 valence electrons. The number of benzene rings is 1. The second-order valence-electron chi connectivity index (χ2n) is 5.21. The fraction of sp³-hybridized carbons (Fsp3) is 0.600. The minimum Gasteiger partial charge on any atom is -0.491 e. The van der Waals surface area contributed by atoms with Crippen molar-refractivity contribution >= 4 is 0 Å². The van der Waals surface area contributed by atoms with E-state index in [2.05, 4.69) is 0 Å². The molecule has 1 aliphatic rings. The molecule has 1 N–H and O–H groups in total. The molecule has 1 heterocycles. The van der Waals surface area contributed by atoms with Gasteiger partial charge in [-0.25, -0.2) is 0 Å². The van der Waals surface area contributed by atoms with Crippen LogP contribution in [0.15, 0.2) is 24.3 Å². The van der Waals surface area contributed by atoms with Crippen LogP contribution in [-0.4, -0.2) is 23.9 Å². The van der Waals surface area contributed by atoms with E-state index in [4.69, 9.17) is 9.47 Å². The highest BCUT2D eigenvalue weighted by molar-refractivity contribution is 5.30. The maximum Gasteiger partial charge on any atom is 0.120 e. The molecule has 0 spiro atoms. The molecule has 0 aliphatic carbocycles. The quantitative estimate of drug-likeness (QED) is 0.893. The monoisotopic (exact) mass is 250 g/mol. The summed E-state index contributed by atoms with van der Waals surface area (Å²) in [7, 11) is 0. The van der Waals surface area contributed by atoms with E-state index >= 15 is 0 Å². The van der Waals surface area contributed by atoms with Gasteiger partial charge >= 0.3 is 0 Å². The van der Waals surface area contributed by atoms with Crippen LogP contribution < -0.4 is 4.74 Å². The molecule has 1 saturated heterocycles. The number of aliphatic hydroxyl groups excluding tert-OH is 1. The van der Waals surface area contributed by atoms with Gasteiger partial charge in [-0.15, -0.1) is 0 Å². The van der Waals surface area contributed by atoms with Crippen LogP contribution in [0.1, 0.15) is 38.9 Å². The lowest BCUT2D eigenvalue weighted by Crippen LogP contribution is -2.19. The Kier molecular flexibility index (Phi) is 4.25. The first-order valence-electron chi connectivity index (χ1n) is 6.64. The van der Waals surface area contributed by atoms with Gasteiger partial charge in [0.25, 0.3) is 0 Å². The average Bonchev–Trinajstić information content (AvgIpc) is 2.74. The van der Waals surface area contributed by atoms with Crippen LogP contribution in [0.4, 0.5) is 0 Å². The number of ether oxygens (including phenoxy) is 2. The molecule has 3 unspecified atom stereocenters. The highest BCUT2D eigenvalue weighted by Gasteiger charge is 2.31. The van der Waals surface area contributed by atoms with E-state index in [0.29, 0.717) is 0 Å². The van der Waals surface area contributed by atoms with E-state index in [0.717, 1.165) is 24.3 Å². The molecular formula is C15H22O3. The van der Waals surface area contributed by atoms with Crippen molar-refractivity contribution in [3.63, 3.8) is 0 Å². The van der Waals surface area contributed by atoms with E-state index < -0.39 is 6.10 Å². The largest absolute Gasteiger partial charge is 0.491 e. The molecule has 0 bridgehead atoms. The summed E-state index contributed by atoms with van der Waals surface area (Å²) >= 11 is 0. The fourth-order valence-corrected chi connectivity index (χ4v) is 2.45. The third kappa shape index (κ3) is 3.03. The molecule has 1 fully saturated rings. The minimum absolute atomic E-state index is 0.120. The van der Waals surface area contributed by atoms with Crippen LogP contribution in [0.5, 0.6) is 5.75 Å². The van der Waals surface area contributed by atoms with Crippen molar-refractivity contribution in [3.8, 4) is 5.75 Å². The van der Waals surface area contributed by atoms with Crippen molar-refractivity contribution in [1.29, 1.82) is 0 Å². The number of aliphatic hydroxyl groups is 1. The summed E-state index contributed by atoms with van der Waals surface area (Å²) in [6.07, 6.45) is 0.705. The SMILES string of the molecule is CC(C)Oc1cccc(C(O)C2CCOC2C)c1. The van der Waals surface area contributed by atoms with Crippen LogP contribution in [0.2, 0.25) is 0 Å². The van der Waals surface area contributed by atoms with E-state index in [1.165, 1.54) is 0 Å². The first-order valence-corrected chi connectivity index (χ1v) is 6.64. The second kappa shape index (κ2) is 5.72. The van der Waals surface area contributed by atoms with Crippen molar-refractivity contribution in [2.24, 2.45) is 5.92 Å². The van der Waals surface area contributed by atoms with Gasteiger partial charge in [0.15, 0.2) is 0 Å². The average molecular weight is 250 g/mol. The Morgan fingerprint density at radius 1 is 1.39 bits per heavy atom. The summed E-state index contributed by atoms with van der Waals surface area (Å²) in [5.74, 6) is 0.993. The molecule has 1 aliphatic heterocycles. The Hall–Kier alpha value is -1.06. The van der Waals surface area contributed by atoms with Gasteiger partial charge in [-0.2, -0.15) is 0 Å². The molecule has 2 rings (SSSR count). The lowest BCUT2D eigenvalue weighted by Gasteiger charge is -2.22. The van der Waals surface area contributed by atoms with Gasteiger partial charge in [-0.05, 0) is 44.9 Å². The zero-order valence-electron chi connectivity index (χ0n) is 11.3. The smallest absolute Gasteiger partial charge is 0.120 e. The van der Waals surface area contributed by atoms with Gasteiger partial charge in [-0.3, -0.25) is 0 Å². The molecule has 0 amide bonds. The van der Waals surface area contributed by atoms with Gasteiger partial charge in [-0.1, -0.05) is 12.1 Å². The van der Waals surface area contributed by atoms with Crippen LogP contribution in [0, 0.1) is 5.92 Å². The third-order valence-corrected chi connectivity index (χ3v) is 3.41. The summed E-state index contributed by atoms with van der Waals surface area (Å²) in [5, 5.41) is 10.4. The lowest BCUT2D eigenvalue weighted by molar-refractivity contribution is 0.0430. The Morgan fingerprint density at radius 2 is 2.17 bits per heavy atom. The molecule has 3 atom stereocenters. The van der Waals surface area contributed by atoms with E-state index in [9.17, 15) is 5.11 Å². The van der Waals surface area contributed by atoms with Crippen molar-refractivity contribution in [3.05, 3.63) is 29.8 Å². The van der Waals surface area contributed by atoms with E-state index in [1.54, 1.807) is 0 Å². The molecule has 0 aromatic heterocycles. The highest BCUT2D eigenvalue weighted by atomic mass is 16.5. The van der Waals surface area contributed by atoms with E-state index in [-0.39, 0.29) is 18.1 Å². The Morgan fingerprint density at radius 3 is 2.78 bits per heavy atom. The Labute approximate surface area is 109 Å². The second-order valence-corrected chi connectivity index (χ2v) is 5.21. The molecule has 3 nitrogen and oxygen atoms in total. The first-order chi connectivity index (χ1) is 8.58. The zero-order valence-corrected chi connectivity index (χ0v) is 11.3. The van der Waals surface area contributed by atoms with Gasteiger partial charge in [0.05, 0.1) is 18.3 Å². The molecule has 1 aromatic carbocycles. The summed E-state index contributed by atoms with van der Waals surface area (Å²) in [4.78, 5) is 0. The predicted octanol–water partition coefficient (Wildman–Crippen LogP) is 2.93. The lowest BCUT2D eigenvalue weighted by atomic mass is 9.91. The first kappa shape index (κ1) is 13.4. The standard InChI is InChI=1S/C15H22O3/c1-10(2)18-13-6-4-5-12(9-13)15(16)14-7-8-17-11(14)3/h4-6,9-11,14-16H,7-8H2,1-3H3. The Bertz CT molecular complexity index is 389. The van der Waals surface area contributed by atoms with Crippen molar-refractivity contribution < 1.29 is 14.6 Å². The topological polar surface area (TPSA) is 38.7 Å². The van der Waals surface area contributed by atoms with Gasteiger partial charge in [0.1, 0.15) is 5.75 Å². The maximum absolute atomic E-state index is 10.4. The number of hydrogen-bond donors (Lipinski definition) is 1. The molecule has 1 aromatic rings. The molecule has 0 saturated carbocycles. The molecule has 0 radical (unpaired) electrons. The molecular weight excluding hydrogens is 228 g/mol. The van der Waals surface area contributed by atoms with Crippen molar-refractivity contribution in [1.82, 2.24) is 0 Å². The highest BCUT2D eigenvalue weighted by Crippen LogP contribution is 2.34. The zero-order chi connectivity index (χ0) is 13.1. The van der Waals surface area contributed by atoms with Crippen molar-refractivity contribution in [2.75, 3.05) is 6.61 Å². The van der Waals surface area contributed by atoms with Crippen LogP contribution >= 0.6 is 0 Å². The van der Waals surface area contributed by atoms with Gasteiger partial charge in [0.2, 0.25) is 0 Å². The van der Waals surface area contributed by atoms with Crippen LogP contribution in [0.25, 0.3) is 0 Å². The fourth-order valence-electron chi connectivity index (χ4n) is 2.45. The van der Waals surface area contributed by atoms with Crippen molar-refractivity contribution in [2.45, 2.75) is 45.5 Å². The maximum atomic E-state index is 10.4. The van der Waals surface area contributed by atoms with E-state index in [1.807, 2.05) is 45.0 Å². The predicted molar refractivity (Wildman–Crippen MR) is 70.7 cm³/mol. The number of rotatable bonds is 4. The molecule has 18 heavy (non-hydrogen) atoms. The van der Waals surface area contributed by atoms with Crippen LogP contribution in [0.3, 0.4) is 0 Å². The normalized spacial score (nSPS) is 25.4.